The number of imide groups is 1. The van der Waals surface area contributed by atoms with E-state index < -0.39 is 21.2 Å². The van der Waals surface area contributed by atoms with Crippen LogP contribution in [-0.4, -0.2) is 67.5 Å². The summed E-state index contributed by atoms with van der Waals surface area (Å²) < 4.78 is 26.6. The summed E-state index contributed by atoms with van der Waals surface area (Å²) in [5.74, 6) is -0.752. The molecule has 1 fully saturated rings. The predicted molar refractivity (Wildman–Crippen MR) is 104 cm³/mol. The van der Waals surface area contributed by atoms with Crippen molar-refractivity contribution < 1.29 is 22.8 Å². The first-order chi connectivity index (χ1) is 13.1. The van der Waals surface area contributed by atoms with E-state index in [4.69, 9.17) is 0 Å². The maximum absolute atomic E-state index is 12.5. The van der Waals surface area contributed by atoms with Gasteiger partial charge in [-0.25, -0.2) is 17.9 Å². The molecule has 1 aromatic carbocycles. The Hall–Kier alpha value is -2.46. The number of hydrogen-bond donors (Lipinski definition) is 2. The van der Waals surface area contributed by atoms with E-state index in [1.165, 1.54) is 19.2 Å². The van der Waals surface area contributed by atoms with Crippen molar-refractivity contribution in [2.75, 3.05) is 25.5 Å². The lowest BCUT2D eigenvalue weighted by atomic mass is 10.1. The number of likely N-dealkylation sites (tertiary alicyclic amines) is 1. The quantitative estimate of drug-likeness (QED) is 0.727. The molecule has 0 unspecified atom stereocenters. The molecular weight excluding hydrogens is 384 g/mol. The van der Waals surface area contributed by atoms with Crippen molar-refractivity contribution >= 4 is 33.6 Å². The third-order valence-electron chi connectivity index (χ3n) is 5.07. The molecule has 0 saturated carbocycles. The van der Waals surface area contributed by atoms with Crippen molar-refractivity contribution in [1.29, 1.82) is 0 Å². The lowest BCUT2D eigenvalue weighted by molar-refractivity contribution is 0.0693. The van der Waals surface area contributed by atoms with Gasteiger partial charge in [-0.15, -0.1) is 0 Å². The third-order valence-corrected chi connectivity index (χ3v) is 6.98. The van der Waals surface area contributed by atoms with Crippen LogP contribution in [0.5, 0.6) is 0 Å². The average Bonchev–Trinajstić information content (AvgIpc) is 2.86. The lowest BCUT2D eigenvalue weighted by Crippen LogP contribution is -2.48. The van der Waals surface area contributed by atoms with Gasteiger partial charge < -0.3 is 10.2 Å². The minimum atomic E-state index is -3.34. The van der Waals surface area contributed by atoms with Crippen molar-refractivity contribution in [2.24, 2.45) is 0 Å². The van der Waals surface area contributed by atoms with Gasteiger partial charge in [0.05, 0.1) is 16.4 Å². The fourth-order valence-electron chi connectivity index (χ4n) is 3.21. The molecule has 1 saturated heterocycles. The van der Waals surface area contributed by atoms with Crippen molar-refractivity contribution in [2.45, 2.75) is 38.0 Å². The molecule has 2 aliphatic heterocycles. The van der Waals surface area contributed by atoms with Gasteiger partial charge in [0.1, 0.15) is 0 Å². The molecule has 9 nitrogen and oxygen atoms in total. The van der Waals surface area contributed by atoms with E-state index in [0.29, 0.717) is 37.2 Å². The second kappa shape index (κ2) is 7.51. The average molecular weight is 408 g/mol. The van der Waals surface area contributed by atoms with Crippen LogP contribution in [0, 0.1) is 0 Å². The molecule has 0 radical (unpaired) electrons. The number of piperidine rings is 1. The van der Waals surface area contributed by atoms with Crippen molar-refractivity contribution in [1.82, 2.24) is 14.5 Å². The molecule has 2 aliphatic rings. The molecule has 1 aromatic rings. The summed E-state index contributed by atoms with van der Waals surface area (Å²) in [7, 11) is -1.92. The fraction of sp³-hybridized carbons (Fsp3) is 0.500. The van der Waals surface area contributed by atoms with E-state index in [1.807, 2.05) is 0 Å². The first-order valence-corrected chi connectivity index (χ1v) is 10.7. The van der Waals surface area contributed by atoms with Crippen LogP contribution in [0.3, 0.4) is 0 Å². The number of benzene rings is 1. The Bertz CT molecular complexity index is 920. The van der Waals surface area contributed by atoms with Gasteiger partial charge in [0.15, 0.2) is 0 Å². The zero-order valence-electron chi connectivity index (χ0n) is 16.1. The number of fused-ring (bicyclic) bond motifs is 1. The summed E-state index contributed by atoms with van der Waals surface area (Å²) in [6.07, 6.45) is 1.06. The highest BCUT2D eigenvalue weighted by Crippen LogP contribution is 2.25. The van der Waals surface area contributed by atoms with E-state index in [0.717, 1.165) is 4.90 Å². The maximum Gasteiger partial charge on any atom is 0.321 e. The van der Waals surface area contributed by atoms with Crippen LogP contribution < -0.4 is 10.0 Å². The number of nitrogens with one attached hydrogen (secondary N) is 2. The van der Waals surface area contributed by atoms with Crippen LogP contribution in [0.1, 0.15) is 47.4 Å². The van der Waals surface area contributed by atoms with Gasteiger partial charge in [0.25, 0.3) is 11.8 Å². The molecule has 0 bridgehead atoms. The van der Waals surface area contributed by atoms with Gasteiger partial charge in [-0.2, -0.15) is 0 Å². The monoisotopic (exact) mass is 408 g/mol. The molecule has 28 heavy (non-hydrogen) atoms. The van der Waals surface area contributed by atoms with Crippen molar-refractivity contribution in [3.63, 3.8) is 0 Å². The number of hydrogen-bond acceptors (Lipinski definition) is 5. The SMILES string of the molecule is CC(C)S(=O)(=O)NC1CCN(C(=O)Nc2ccc3c(c2)C(=O)N(C)C3=O)CC1. The molecule has 2 heterocycles. The summed E-state index contributed by atoms with van der Waals surface area (Å²) in [6.45, 7) is 4.08. The summed E-state index contributed by atoms with van der Waals surface area (Å²) in [6, 6.07) is 4.11. The van der Waals surface area contributed by atoms with Crippen molar-refractivity contribution in [3.05, 3.63) is 29.3 Å². The molecule has 152 valence electrons. The molecule has 2 N–H and O–H groups in total. The lowest BCUT2D eigenvalue weighted by Gasteiger charge is -2.32. The van der Waals surface area contributed by atoms with Gasteiger partial charge >= 0.3 is 6.03 Å². The summed E-state index contributed by atoms with van der Waals surface area (Å²) in [5.41, 5.74) is 1.03. The Balaban J connectivity index is 1.59. The van der Waals surface area contributed by atoms with E-state index in [9.17, 15) is 22.8 Å². The van der Waals surface area contributed by atoms with E-state index >= 15 is 0 Å². The summed E-state index contributed by atoms with van der Waals surface area (Å²) in [4.78, 5) is 39.1. The minimum Gasteiger partial charge on any atom is -0.324 e. The first-order valence-electron chi connectivity index (χ1n) is 9.13. The number of rotatable bonds is 4. The van der Waals surface area contributed by atoms with E-state index in [2.05, 4.69) is 10.0 Å². The number of anilines is 1. The van der Waals surface area contributed by atoms with Crippen LogP contribution in [0.15, 0.2) is 18.2 Å². The molecule has 3 rings (SSSR count). The van der Waals surface area contributed by atoms with Crippen LogP contribution in [-0.2, 0) is 10.0 Å². The smallest absolute Gasteiger partial charge is 0.321 e. The Morgan fingerprint density at radius 3 is 2.32 bits per heavy atom. The van der Waals surface area contributed by atoms with Gasteiger partial charge in [-0.05, 0) is 44.9 Å². The molecule has 0 aliphatic carbocycles. The molecular formula is C18H24N4O5S. The second-order valence-corrected chi connectivity index (χ2v) is 9.60. The fourth-order valence-corrected chi connectivity index (χ4v) is 4.18. The zero-order valence-corrected chi connectivity index (χ0v) is 16.9. The summed E-state index contributed by atoms with van der Waals surface area (Å²) >= 11 is 0. The Morgan fingerprint density at radius 2 is 1.71 bits per heavy atom. The van der Waals surface area contributed by atoms with E-state index in [-0.39, 0.29) is 23.5 Å². The first kappa shape index (κ1) is 20.3. The Morgan fingerprint density at radius 1 is 1.11 bits per heavy atom. The number of sulfonamides is 1. The van der Waals surface area contributed by atoms with Crippen LogP contribution >= 0.6 is 0 Å². The molecule has 10 heteroatoms. The van der Waals surface area contributed by atoms with E-state index in [1.54, 1.807) is 24.8 Å². The number of amides is 4. The highest BCUT2D eigenvalue weighted by molar-refractivity contribution is 7.90. The van der Waals surface area contributed by atoms with Gasteiger partial charge in [-0.1, -0.05) is 0 Å². The Labute approximate surface area is 164 Å². The standard InChI is InChI=1S/C18H24N4O5S/c1-11(2)28(26,27)20-12-6-8-22(9-7-12)18(25)19-13-4-5-14-15(10-13)17(24)21(3)16(14)23/h4-5,10-12,20H,6-9H2,1-3H3,(H,19,25). The van der Waals surface area contributed by atoms with Crippen molar-refractivity contribution in [3.8, 4) is 0 Å². The van der Waals surface area contributed by atoms with Gasteiger partial charge in [-0.3, -0.25) is 14.5 Å². The van der Waals surface area contributed by atoms with Crippen LogP contribution in [0.25, 0.3) is 0 Å². The molecule has 4 amide bonds. The van der Waals surface area contributed by atoms with Gasteiger partial charge in [0, 0.05) is 31.9 Å². The summed E-state index contributed by atoms with van der Waals surface area (Å²) in [5, 5.41) is 2.24. The topological polar surface area (TPSA) is 116 Å². The number of nitrogens with zero attached hydrogens (tertiary/aromatic N) is 2. The Kier molecular flexibility index (Phi) is 5.44. The number of carbonyl (C=O) groups is 3. The normalized spacial score (nSPS) is 18.0. The van der Waals surface area contributed by atoms with Gasteiger partial charge in [0.2, 0.25) is 10.0 Å². The van der Waals surface area contributed by atoms with Crippen LogP contribution in [0.4, 0.5) is 10.5 Å². The minimum absolute atomic E-state index is 0.185. The molecule has 0 aromatic heterocycles. The zero-order chi connectivity index (χ0) is 20.6. The molecule has 0 spiro atoms. The highest BCUT2D eigenvalue weighted by Gasteiger charge is 2.33. The predicted octanol–water partition coefficient (Wildman–Crippen LogP) is 1.24. The number of urea groups is 1. The molecule has 0 atom stereocenters. The highest BCUT2D eigenvalue weighted by atomic mass is 32.2. The largest absolute Gasteiger partial charge is 0.324 e. The number of carbonyl (C=O) groups excluding carboxylic acids is 3. The second-order valence-electron chi connectivity index (χ2n) is 7.33. The maximum atomic E-state index is 12.5. The van der Waals surface area contributed by atoms with Crippen LogP contribution in [0.2, 0.25) is 0 Å². The third kappa shape index (κ3) is 3.88.